The third-order valence-electron chi connectivity index (χ3n) is 3.52. The third kappa shape index (κ3) is 2.64. The van der Waals surface area contributed by atoms with Crippen molar-refractivity contribution in [3.05, 3.63) is 12.2 Å². The summed E-state index contributed by atoms with van der Waals surface area (Å²) in [5.41, 5.74) is 0.0946. The molecule has 1 aliphatic heterocycles. The van der Waals surface area contributed by atoms with Gasteiger partial charge in [0.2, 0.25) is 0 Å². The molecule has 0 saturated carbocycles. The molecular weight excluding hydrogens is 204 g/mol. The van der Waals surface area contributed by atoms with Crippen LogP contribution in [-0.4, -0.2) is 24.8 Å². The van der Waals surface area contributed by atoms with Crippen molar-refractivity contribution < 1.29 is 14.3 Å². The summed E-state index contributed by atoms with van der Waals surface area (Å²) in [5.74, 6) is 0.0430. The Labute approximate surface area is 97.8 Å². The maximum Gasteiger partial charge on any atom is 0.333 e. The topological polar surface area (TPSA) is 35.5 Å². The molecule has 0 aliphatic carbocycles. The molecule has 16 heavy (non-hydrogen) atoms. The number of ether oxygens (including phenoxy) is 2. The maximum atomic E-state index is 11.7. The van der Waals surface area contributed by atoms with Gasteiger partial charge in [-0.25, -0.2) is 4.79 Å². The van der Waals surface area contributed by atoms with Gasteiger partial charge in [-0.2, -0.15) is 0 Å². The Balaban J connectivity index is 2.78. The van der Waals surface area contributed by atoms with Gasteiger partial charge < -0.3 is 9.47 Å². The quantitative estimate of drug-likeness (QED) is 0.534. The monoisotopic (exact) mass is 226 g/mol. The van der Waals surface area contributed by atoms with E-state index >= 15 is 0 Å². The van der Waals surface area contributed by atoms with Crippen molar-refractivity contribution in [3.63, 3.8) is 0 Å². The van der Waals surface area contributed by atoms with Crippen molar-refractivity contribution in [2.24, 2.45) is 5.92 Å². The van der Waals surface area contributed by atoms with E-state index in [1.807, 2.05) is 0 Å². The van der Waals surface area contributed by atoms with E-state index < -0.39 is 0 Å². The predicted molar refractivity (Wildman–Crippen MR) is 63.1 cm³/mol. The summed E-state index contributed by atoms with van der Waals surface area (Å²) in [4.78, 5) is 11.7. The van der Waals surface area contributed by atoms with Crippen LogP contribution in [0.1, 0.15) is 40.0 Å². The summed E-state index contributed by atoms with van der Waals surface area (Å²) in [6.45, 7) is 10.9. The molecule has 0 N–H and O–H groups in total. The molecule has 0 aromatic carbocycles. The van der Waals surface area contributed by atoms with E-state index in [2.05, 4.69) is 20.4 Å². The summed E-state index contributed by atoms with van der Waals surface area (Å²) in [5, 5.41) is 0. The number of hydrogen-bond acceptors (Lipinski definition) is 3. The molecule has 3 nitrogen and oxygen atoms in total. The van der Waals surface area contributed by atoms with Crippen LogP contribution < -0.4 is 0 Å². The molecule has 92 valence electrons. The molecule has 0 bridgehead atoms. The molecule has 0 aromatic rings. The Bertz CT molecular complexity index is 260. The fourth-order valence-electron chi connectivity index (χ4n) is 2.28. The molecule has 3 heteroatoms. The van der Waals surface area contributed by atoms with Crippen molar-refractivity contribution >= 4 is 5.97 Å². The highest BCUT2D eigenvalue weighted by Crippen LogP contribution is 2.35. The number of hydrogen-bond donors (Lipinski definition) is 0. The zero-order chi connectivity index (χ0) is 12.2. The van der Waals surface area contributed by atoms with Crippen LogP contribution in [0.15, 0.2) is 12.2 Å². The molecule has 0 amide bonds. The zero-order valence-corrected chi connectivity index (χ0v) is 10.5. The summed E-state index contributed by atoms with van der Waals surface area (Å²) in [6.07, 6.45) is 2.64. The van der Waals surface area contributed by atoms with Crippen molar-refractivity contribution in [2.45, 2.75) is 45.6 Å². The molecule has 1 atom stereocenters. The first-order valence-corrected chi connectivity index (χ1v) is 6.02. The van der Waals surface area contributed by atoms with Gasteiger partial charge in [-0.05, 0) is 26.2 Å². The Morgan fingerprint density at radius 1 is 1.50 bits per heavy atom. The third-order valence-corrected chi connectivity index (χ3v) is 3.52. The molecule has 1 saturated heterocycles. The van der Waals surface area contributed by atoms with E-state index in [9.17, 15) is 4.79 Å². The Kier molecular flexibility index (Phi) is 4.54. The van der Waals surface area contributed by atoms with Crippen LogP contribution >= 0.6 is 0 Å². The van der Waals surface area contributed by atoms with Crippen LogP contribution in [0.2, 0.25) is 0 Å². The first-order valence-electron chi connectivity index (χ1n) is 6.02. The van der Waals surface area contributed by atoms with Crippen LogP contribution in [0.25, 0.3) is 0 Å². The number of carbonyl (C=O) groups is 1. The Morgan fingerprint density at radius 3 is 2.50 bits per heavy atom. The van der Waals surface area contributed by atoms with Gasteiger partial charge in [0, 0.05) is 18.1 Å². The lowest BCUT2D eigenvalue weighted by atomic mass is 9.82. The van der Waals surface area contributed by atoms with Crippen molar-refractivity contribution in [1.29, 1.82) is 0 Å². The van der Waals surface area contributed by atoms with E-state index in [0.717, 1.165) is 25.9 Å². The minimum absolute atomic E-state index is 0.282. The van der Waals surface area contributed by atoms with E-state index in [4.69, 9.17) is 9.47 Å². The highest BCUT2D eigenvalue weighted by atomic mass is 16.6. The highest BCUT2D eigenvalue weighted by Gasteiger charge is 2.41. The molecule has 0 aromatic heterocycles. The van der Waals surface area contributed by atoms with Gasteiger partial charge in [0.1, 0.15) is 5.60 Å². The molecule has 1 unspecified atom stereocenters. The van der Waals surface area contributed by atoms with Gasteiger partial charge in [-0.3, -0.25) is 0 Å². The average Bonchev–Trinajstić information content (AvgIpc) is 2.79. The summed E-state index contributed by atoms with van der Waals surface area (Å²) in [7, 11) is 0. The second kappa shape index (κ2) is 5.48. The lowest BCUT2D eigenvalue weighted by Gasteiger charge is -2.36. The molecule has 1 fully saturated rings. The second-order valence-electron chi connectivity index (χ2n) is 4.50. The molecule has 1 rings (SSSR count). The lowest BCUT2D eigenvalue weighted by Crippen LogP contribution is -2.42. The van der Waals surface area contributed by atoms with Gasteiger partial charge in [0.05, 0.1) is 6.61 Å². The van der Waals surface area contributed by atoms with Crippen LogP contribution in [0, 0.1) is 5.92 Å². The first kappa shape index (κ1) is 13.2. The summed E-state index contributed by atoms with van der Waals surface area (Å²) >= 11 is 0. The normalized spacial score (nSPS) is 20.8. The van der Waals surface area contributed by atoms with E-state index in [-0.39, 0.29) is 11.6 Å². The minimum atomic E-state index is -0.369. The van der Waals surface area contributed by atoms with Crippen LogP contribution in [0.5, 0.6) is 0 Å². The van der Waals surface area contributed by atoms with Crippen LogP contribution in [0.3, 0.4) is 0 Å². The van der Waals surface area contributed by atoms with Gasteiger partial charge in [-0.15, -0.1) is 0 Å². The predicted octanol–water partition coefficient (Wildman–Crippen LogP) is 2.70. The zero-order valence-electron chi connectivity index (χ0n) is 10.5. The fourth-order valence-corrected chi connectivity index (χ4v) is 2.28. The Morgan fingerprint density at radius 2 is 2.12 bits per heavy atom. The second-order valence-corrected chi connectivity index (χ2v) is 4.50. The fraction of sp³-hybridized carbons (Fsp3) is 0.769. The van der Waals surface area contributed by atoms with E-state index in [1.54, 1.807) is 6.92 Å². The van der Waals surface area contributed by atoms with Crippen LogP contribution in [0.4, 0.5) is 0 Å². The minimum Gasteiger partial charge on any atom is -0.455 e. The van der Waals surface area contributed by atoms with Crippen LogP contribution in [-0.2, 0) is 14.3 Å². The SMILES string of the molecule is C=C(C)C(=O)OC(CC)(CC)C1CCOC1. The molecular formula is C13H22O3. The molecule has 0 spiro atoms. The lowest BCUT2D eigenvalue weighted by molar-refractivity contribution is -0.162. The van der Waals surface area contributed by atoms with Crippen molar-refractivity contribution in [2.75, 3.05) is 13.2 Å². The number of carbonyl (C=O) groups excluding carboxylic acids is 1. The number of esters is 1. The van der Waals surface area contributed by atoms with E-state index in [1.165, 1.54) is 0 Å². The highest BCUT2D eigenvalue weighted by molar-refractivity contribution is 5.87. The van der Waals surface area contributed by atoms with Crippen molar-refractivity contribution in [1.82, 2.24) is 0 Å². The summed E-state index contributed by atoms with van der Waals surface area (Å²) < 4.78 is 11.1. The van der Waals surface area contributed by atoms with Gasteiger partial charge in [-0.1, -0.05) is 20.4 Å². The largest absolute Gasteiger partial charge is 0.455 e. The van der Waals surface area contributed by atoms with Gasteiger partial charge >= 0.3 is 5.97 Å². The van der Waals surface area contributed by atoms with E-state index in [0.29, 0.717) is 18.1 Å². The molecule has 1 aliphatic rings. The van der Waals surface area contributed by atoms with Gasteiger partial charge in [0.25, 0.3) is 0 Å². The first-order chi connectivity index (χ1) is 7.55. The molecule has 0 radical (unpaired) electrons. The maximum absolute atomic E-state index is 11.7. The Hall–Kier alpha value is -0.830. The standard InChI is InChI=1S/C13H22O3/c1-5-13(6-2,11-7-8-15-9-11)16-12(14)10(3)4/h11H,3,5-9H2,1-2,4H3. The molecule has 1 heterocycles. The smallest absolute Gasteiger partial charge is 0.333 e. The number of rotatable bonds is 5. The summed E-state index contributed by atoms with van der Waals surface area (Å²) in [6, 6.07) is 0. The van der Waals surface area contributed by atoms with Gasteiger partial charge in [0.15, 0.2) is 0 Å². The van der Waals surface area contributed by atoms with Crippen molar-refractivity contribution in [3.8, 4) is 0 Å². The average molecular weight is 226 g/mol.